The summed E-state index contributed by atoms with van der Waals surface area (Å²) < 4.78 is 1.40. The van der Waals surface area contributed by atoms with E-state index < -0.39 is 0 Å². The zero-order chi connectivity index (χ0) is 14.0. The predicted molar refractivity (Wildman–Crippen MR) is 69.5 cm³/mol. The summed E-state index contributed by atoms with van der Waals surface area (Å²) in [4.78, 5) is 36.6. The zero-order valence-corrected chi connectivity index (χ0v) is 10.8. The van der Waals surface area contributed by atoms with Crippen LogP contribution >= 0.6 is 0 Å². The maximum atomic E-state index is 12.3. The summed E-state index contributed by atoms with van der Waals surface area (Å²) >= 11 is 0. The fourth-order valence-electron chi connectivity index (χ4n) is 2.26. The summed E-state index contributed by atoms with van der Waals surface area (Å²) in [7, 11) is 1.63. The summed E-state index contributed by atoms with van der Waals surface area (Å²) in [6.45, 7) is 0.932. The average Bonchev–Trinajstić information content (AvgIpc) is 2.41. The number of pyridine rings is 1. The third-order valence-electron chi connectivity index (χ3n) is 3.46. The smallest absolute Gasteiger partial charge is 0.254 e. The number of aryl methyl sites for hydroxylation is 1. The van der Waals surface area contributed by atoms with Crippen molar-refractivity contribution in [3.8, 4) is 0 Å². The summed E-state index contributed by atoms with van der Waals surface area (Å²) in [5.41, 5.74) is 5.41. The van der Waals surface area contributed by atoms with Crippen molar-refractivity contribution in [2.45, 2.75) is 12.8 Å². The lowest BCUT2D eigenvalue weighted by Gasteiger charge is -2.31. The summed E-state index contributed by atoms with van der Waals surface area (Å²) in [6.07, 6.45) is 3.03. The Hall–Kier alpha value is -2.11. The summed E-state index contributed by atoms with van der Waals surface area (Å²) in [5.74, 6) is -0.880. The lowest BCUT2D eigenvalue weighted by atomic mass is 9.97. The topological polar surface area (TPSA) is 85.4 Å². The molecule has 2 amide bonds. The van der Waals surface area contributed by atoms with E-state index in [1.807, 2.05) is 0 Å². The van der Waals surface area contributed by atoms with Gasteiger partial charge in [0.2, 0.25) is 5.91 Å². The molecule has 1 fully saturated rings. The molecular weight excluding hydrogens is 246 g/mol. The molecule has 2 N–H and O–H groups in total. The minimum absolute atomic E-state index is 0.219. The Bertz CT molecular complexity index is 564. The molecule has 19 heavy (non-hydrogen) atoms. The largest absolute Gasteiger partial charge is 0.369 e. The van der Waals surface area contributed by atoms with Crippen molar-refractivity contribution in [2.75, 3.05) is 13.1 Å². The number of nitrogens with zero attached hydrogens (tertiary/aromatic N) is 2. The molecule has 0 aliphatic carbocycles. The first kappa shape index (κ1) is 13.3. The van der Waals surface area contributed by atoms with E-state index >= 15 is 0 Å². The maximum absolute atomic E-state index is 12.3. The molecule has 0 saturated carbocycles. The lowest BCUT2D eigenvalue weighted by Crippen LogP contribution is -2.44. The average molecular weight is 263 g/mol. The lowest BCUT2D eigenvalue weighted by molar-refractivity contribution is -0.123. The molecule has 1 atom stereocenters. The summed E-state index contributed by atoms with van der Waals surface area (Å²) in [5, 5.41) is 0. The third-order valence-corrected chi connectivity index (χ3v) is 3.46. The van der Waals surface area contributed by atoms with E-state index in [2.05, 4.69) is 0 Å². The van der Waals surface area contributed by atoms with E-state index in [9.17, 15) is 14.4 Å². The number of carbonyl (C=O) groups excluding carboxylic acids is 2. The number of primary amides is 1. The van der Waals surface area contributed by atoms with Crippen LogP contribution in [0.15, 0.2) is 23.1 Å². The molecule has 1 aromatic heterocycles. The van der Waals surface area contributed by atoms with Crippen molar-refractivity contribution in [1.29, 1.82) is 0 Å². The van der Waals surface area contributed by atoms with Gasteiger partial charge in [-0.15, -0.1) is 0 Å². The number of piperidine rings is 1. The molecular formula is C13H17N3O3. The Labute approximate surface area is 110 Å². The van der Waals surface area contributed by atoms with Crippen LogP contribution in [0.25, 0.3) is 0 Å². The molecule has 2 rings (SSSR count). The van der Waals surface area contributed by atoms with Gasteiger partial charge in [-0.1, -0.05) is 0 Å². The molecule has 0 spiro atoms. The van der Waals surface area contributed by atoms with Crippen LogP contribution in [-0.4, -0.2) is 34.4 Å². The Morgan fingerprint density at radius 1 is 1.42 bits per heavy atom. The van der Waals surface area contributed by atoms with Crippen molar-refractivity contribution in [1.82, 2.24) is 9.47 Å². The van der Waals surface area contributed by atoms with E-state index in [0.717, 1.165) is 12.8 Å². The van der Waals surface area contributed by atoms with Crippen molar-refractivity contribution in [2.24, 2.45) is 18.7 Å². The quantitative estimate of drug-likeness (QED) is 0.796. The van der Waals surface area contributed by atoms with Gasteiger partial charge in [0.1, 0.15) is 0 Å². The standard InChI is InChI=1S/C13H17N3O3/c1-15-6-4-9(7-11(15)17)13(19)16-5-2-3-10(8-16)12(14)18/h4,6-7,10H,2-3,5,8H2,1H3,(H2,14,18)/t10-/m1/s1. The van der Waals surface area contributed by atoms with Crippen molar-refractivity contribution in [3.63, 3.8) is 0 Å². The Morgan fingerprint density at radius 3 is 2.79 bits per heavy atom. The van der Waals surface area contributed by atoms with Crippen LogP contribution in [0.1, 0.15) is 23.2 Å². The molecule has 6 heteroatoms. The van der Waals surface area contributed by atoms with E-state index in [0.29, 0.717) is 18.7 Å². The van der Waals surface area contributed by atoms with Crippen LogP contribution in [-0.2, 0) is 11.8 Å². The number of hydrogen-bond donors (Lipinski definition) is 1. The number of rotatable bonds is 2. The zero-order valence-electron chi connectivity index (χ0n) is 10.8. The molecule has 1 aromatic rings. The molecule has 2 heterocycles. The van der Waals surface area contributed by atoms with Gasteiger partial charge in [0.25, 0.3) is 11.5 Å². The fraction of sp³-hybridized carbons (Fsp3) is 0.462. The second-order valence-electron chi connectivity index (χ2n) is 4.86. The van der Waals surface area contributed by atoms with Crippen LogP contribution in [0, 0.1) is 5.92 Å². The number of hydrogen-bond acceptors (Lipinski definition) is 3. The van der Waals surface area contributed by atoms with E-state index in [1.54, 1.807) is 24.2 Å². The van der Waals surface area contributed by atoms with Gasteiger partial charge in [-0.3, -0.25) is 14.4 Å². The van der Waals surface area contributed by atoms with Crippen molar-refractivity contribution in [3.05, 3.63) is 34.2 Å². The molecule has 0 aromatic carbocycles. The second kappa shape index (κ2) is 5.26. The minimum Gasteiger partial charge on any atom is -0.369 e. The van der Waals surface area contributed by atoms with Crippen LogP contribution in [0.3, 0.4) is 0 Å². The van der Waals surface area contributed by atoms with E-state index in [1.165, 1.54) is 10.6 Å². The van der Waals surface area contributed by atoms with Gasteiger partial charge >= 0.3 is 0 Å². The SMILES string of the molecule is Cn1ccc(C(=O)N2CCC[C@@H](C(N)=O)C2)cc1=O. The van der Waals surface area contributed by atoms with E-state index in [-0.39, 0.29) is 23.3 Å². The van der Waals surface area contributed by atoms with Crippen LogP contribution in [0.5, 0.6) is 0 Å². The number of nitrogens with two attached hydrogens (primary N) is 1. The highest BCUT2D eigenvalue weighted by Crippen LogP contribution is 2.17. The van der Waals surface area contributed by atoms with Gasteiger partial charge in [-0.2, -0.15) is 0 Å². The molecule has 1 aliphatic heterocycles. The fourth-order valence-corrected chi connectivity index (χ4v) is 2.26. The first-order valence-electron chi connectivity index (χ1n) is 6.24. The molecule has 102 valence electrons. The van der Waals surface area contributed by atoms with Gasteiger partial charge in [-0.25, -0.2) is 0 Å². The molecule has 6 nitrogen and oxygen atoms in total. The molecule has 0 unspecified atom stereocenters. The van der Waals surface area contributed by atoms with Gasteiger partial charge < -0.3 is 15.2 Å². The number of likely N-dealkylation sites (tertiary alicyclic amines) is 1. The van der Waals surface area contributed by atoms with Crippen LogP contribution in [0.4, 0.5) is 0 Å². The van der Waals surface area contributed by atoms with Gasteiger partial charge in [-0.05, 0) is 18.9 Å². The van der Waals surface area contributed by atoms with Gasteiger partial charge in [0.15, 0.2) is 0 Å². The number of carbonyl (C=O) groups is 2. The molecule has 0 radical (unpaired) electrons. The van der Waals surface area contributed by atoms with Crippen LogP contribution < -0.4 is 11.3 Å². The highest BCUT2D eigenvalue weighted by Gasteiger charge is 2.27. The van der Waals surface area contributed by atoms with Gasteiger partial charge in [0, 0.05) is 38.0 Å². The monoisotopic (exact) mass is 263 g/mol. The first-order chi connectivity index (χ1) is 8.99. The molecule has 0 bridgehead atoms. The predicted octanol–water partition coefficient (Wildman–Crippen LogP) is -0.277. The second-order valence-corrected chi connectivity index (χ2v) is 4.86. The van der Waals surface area contributed by atoms with Crippen molar-refractivity contribution < 1.29 is 9.59 Å². The Morgan fingerprint density at radius 2 is 2.16 bits per heavy atom. The van der Waals surface area contributed by atoms with E-state index in [4.69, 9.17) is 5.73 Å². The highest BCUT2D eigenvalue weighted by molar-refractivity contribution is 5.94. The summed E-state index contributed by atoms with van der Waals surface area (Å²) in [6, 6.07) is 2.92. The van der Waals surface area contributed by atoms with Crippen molar-refractivity contribution >= 4 is 11.8 Å². The van der Waals surface area contributed by atoms with Gasteiger partial charge in [0.05, 0.1) is 5.92 Å². The first-order valence-corrected chi connectivity index (χ1v) is 6.24. The number of amides is 2. The van der Waals surface area contributed by atoms with Crippen LogP contribution in [0.2, 0.25) is 0 Å². The minimum atomic E-state index is -0.374. The third kappa shape index (κ3) is 2.83. The maximum Gasteiger partial charge on any atom is 0.254 e. The molecule has 1 aliphatic rings. The Kier molecular flexibility index (Phi) is 3.69. The highest BCUT2D eigenvalue weighted by atomic mass is 16.2. The normalized spacial score (nSPS) is 19.2. The number of aromatic nitrogens is 1. The molecule has 1 saturated heterocycles. The Balaban J connectivity index is 2.17.